The molecule has 0 atom stereocenters. The standard InChI is InChI=1S/C21H31NO2/c22-15-19(21(23)24-20-8-2-1-3-9-20)14-16-10-12-18(13-11-16)17-6-4-5-7-17/h14,16-18,20H,1-13H2/b19-14+. The molecule has 3 nitrogen and oxygen atoms in total. The van der Waals surface area contributed by atoms with E-state index >= 15 is 0 Å². The first kappa shape index (κ1) is 17.5. The molecule has 3 heteroatoms. The minimum absolute atomic E-state index is 0.0288. The molecule has 0 N–H and O–H groups in total. The average Bonchev–Trinajstić information content (AvgIpc) is 3.15. The highest BCUT2D eigenvalue weighted by Gasteiger charge is 2.29. The molecular formula is C21H31NO2. The van der Waals surface area contributed by atoms with Gasteiger partial charge < -0.3 is 4.74 Å². The van der Waals surface area contributed by atoms with Gasteiger partial charge in [-0.2, -0.15) is 5.26 Å². The molecule has 3 aliphatic rings. The number of nitrogens with zero attached hydrogens (tertiary/aromatic N) is 1. The molecule has 3 aliphatic carbocycles. The van der Waals surface area contributed by atoms with E-state index in [1.165, 1.54) is 44.9 Å². The van der Waals surface area contributed by atoms with Crippen LogP contribution in [0.2, 0.25) is 0 Å². The summed E-state index contributed by atoms with van der Waals surface area (Å²) in [5.41, 5.74) is 0.241. The molecule has 0 unspecified atom stereocenters. The number of carbonyl (C=O) groups is 1. The number of rotatable bonds is 4. The second kappa shape index (κ2) is 8.70. The van der Waals surface area contributed by atoms with Crippen LogP contribution in [0.5, 0.6) is 0 Å². The van der Waals surface area contributed by atoms with Crippen LogP contribution < -0.4 is 0 Å². The van der Waals surface area contributed by atoms with Crippen molar-refractivity contribution in [2.45, 2.75) is 89.6 Å². The fourth-order valence-corrected chi connectivity index (χ4v) is 5.00. The first-order chi connectivity index (χ1) is 11.8. The second-order valence-corrected chi connectivity index (χ2v) is 8.08. The normalized spacial score (nSPS) is 30.0. The Hall–Kier alpha value is -1.30. The van der Waals surface area contributed by atoms with Crippen molar-refractivity contribution in [3.05, 3.63) is 11.6 Å². The smallest absolute Gasteiger partial charge is 0.348 e. The Morgan fingerprint density at radius 3 is 2.04 bits per heavy atom. The van der Waals surface area contributed by atoms with Crippen LogP contribution >= 0.6 is 0 Å². The topological polar surface area (TPSA) is 50.1 Å². The van der Waals surface area contributed by atoms with E-state index in [9.17, 15) is 10.1 Å². The third-order valence-corrected chi connectivity index (χ3v) is 6.45. The Morgan fingerprint density at radius 2 is 1.42 bits per heavy atom. The molecule has 0 aromatic carbocycles. The molecule has 0 spiro atoms. The lowest BCUT2D eigenvalue weighted by atomic mass is 9.75. The predicted molar refractivity (Wildman–Crippen MR) is 94.1 cm³/mol. The maximum absolute atomic E-state index is 12.3. The molecule has 0 aliphatic heterocycles. The summed E-state index contributed by atoms with van der Waals surface area (Å²) in [5, 5.41) is 9.36. The quantitative estimate of drug-likeness (QED) is 0.399. The van der Waals surface area contributed by atoms with Crippen LogP contribution in [0.25, 0.3) is 0 Å². The van der Waals surface area contributed by atoms with Crippen molar-refractivity contribution >= 4 is 5.97 Å². The van der Waals surface area contributed by atoms with E-state index in [4.69, 9.17) is 4.74 Å². The first-order valence-corrected chi connectivity index (χ1v) is 10.1. The van der Waals surface area contributed by atoms with Crippen LogP contribution in [-0.2, 0) is 9.53 Å². The van der Waals surface area contributed by atoms with Crippen molar-refractivity contribution < 1.29 is 9.53 Å². The Balaban J connectivity index is 1.49. The zero-order valence-corrected chi connectivity index (χ0v) is 14.8. The van der Waals surface area contributed by atoms with Gasteiger partial charge in [0.05, 0.1) is 0 Å². The minimum Gasteiger partial charge on any atom is -0.458 e. The van der Waals surface area contributed by atoms with E-state index in [-0.39, 0.29) is 17.6 Å². The number of esters is 1. The van der Waals surface area contributed by atoms with Gasteiger partial charge >= 0.3 is 5.97 Å². The van der Waals surface area contributed by atoms with Gasteiger partial charge in [0.2, 0.25) is 0 Å². The van der Waals surface area contributed by atoms with Crippen molar-refractivity contribution in [2.75, 3.05) is 0 Å². The third kappa shape index (κ3) is 4.62. The van der Waals surface area contributed by atoms with Gasteiger partial charge in [0.25, 0.3) is 0 Å². The van der Waals surface area contributed by atoms with Gasteiger partial charge in [-0.25, -0.2) is 4.79 Å². The largest absolute Gasteiger partial charge is 0.458 e. The van der Waals surface area contributed by atoms with Crippen molar-refractivity contribution in [3.8, 4) is 6.07 Å². The summed E-state index contributed by atoms with van der Waals surface area (Å²) in [6.07, 6.45) is 17.8. The van der Waals surface area contributed by atoms with E-state index in [1.54, 1.807) is 0 Å². The summed E-state index contributed by atoms with van der Waals surface area (Å²) in [7, 11) is 0. The van der Waals surface area contributed by atoms with E-state index in [0.717, 1.165) is 50.4 Å². The lowest BCUT2D eigenvalue weighted by molar-refractivity contribution is -0.145. The summed E-state index contributed by atoms with van der Waals surface area (Å²) in [5.74, 6) is 1.83. The SMILES string of the molecule is N#C/C(=C\C1CCC(C2CCCC2)CC1)C(=O)OC1CCCCC1. The van der Waals surface area contributed by atoms with Crippen LogP contribution in [0.4, 0.5) is 0 Å². The van der Waals surface area contributed by atoms with Gasteiger partial charge in [-0.1, -0.05) is 38.2 Å². The first-order valence-electron chi connectivity index (χ1n) is 10.1. The fourth-order valence-electron chi connectivity index (χ4n) is 5.00. The van der Waals surface area contributed by atoms with E-state index < -0.39 is 0 Å². The maximum atomic E-state index is 12.3. The molecule has 0 heterocycles. The molecule has 0 saturated heterocycles. The minimum atomic E-state index is -0.387. The molecule has 132 valence electrons. The highest BCUT2D eigenvalue weighted by atomic mass is 16.5. The molecule has 3 saturated carbocycles. The Morgan fingerprint density at radius 1 is 0.833 bits per heavy atom. The maximum Gasteiger partial charge on any atom is 0.348 e. The summed E-state index contributed by atoms with van der Waals surface area (Å²) >= 11 is 0. The van der Waals surface area contributed by atoms with Gasteiger partial charge in [-0.15, -0.1) is 0 Å². The molecule has 0 bridgehead atoms. The predicted octanol–water partition coefficient (Wildman–Crippen LogP) is 5.31. The van der Waals surface area contributed by atoms with Crippen LogP contribution in [0.3, 0.4) is 0 Å². The summed E-state index contributed by atoms with van der Waals surface area (Å²) in [6, 6.07) is 2.09. The van der Waals surface area contributed by atoms with Crippen LogP contribution in [0, 0.1) is 29.1 Å². The molecule has 0 aromatic heterocycles. The number of carbonyl (C=O) groups excluding carboxylic acids is 1. The fraction of sp³-hybridized carbons (Fsp3) is 0.810. The van der Waals surface area contributed by atoms with Gasteiger partial charge in [0.15, 0.2) is 0 Å². The molecule has 0 aromatic rings. The molecule has 3 fully saturated rings. The van der Waals surface area contributed by atoms with Crippen LogP contribution in [0.15, 0.2) is 11.6 Å². The summed E-state index contributed by atoms with van der Waals surface area (Å²) < 4.78 is 5.56. The monoisotopic (exact) mass is 329 g/mol. The van der Waals surface area contributed by atoms with E-state index in [0.29, 0.717) is 5.92 Å². The van der Waals surface area contributed by atoms with Crippen molar-refractivity contribution in [3.63, 3.8) is 0 Å². The van der Waals surface area contributed by atoms with Gasteiger partial charge in [0, 0.05) is 0 Å². The summed E-state index contributed by atoms with van der Waals surface area (Å²) in [6.45, 7) is 0. The number of hydrogen-bond donors (Lipinski definition) is 0. The Labute approximate surface area is 146 Å². The second-order valence-electron chi connectivity index (χ2n) is 8.08. The number of allylic oxidation sites excluding steroid dienone is 1. The highest BCUT2D eigenvalue weighted by molar-refractivity contribution is 5.92. The van der Waals surface area contributed by atoms with Crippen molar-refractivity contribution in [1.29, 1.82) is 5.26 Å². The lowest BCUT2D eigenvalue weighted by Crippen LogP contribution is -2.23. The van der Waals surface area contributed by atoms with E-state index in [2.05, 4.69) is 6.07 Å². The summed E-state index contributed by atoms with van der Waals surface area (Å²) in [4.78, 5) is 12.3. The zero-order valence-electron chi connectivity index (χ0n) is 14.8. The van der Waals surface area contributed by atoms with Gasteiger partial charge in [-0.05, 0) is 69.1 Å². The van der Waals surface area contributed by atoms with Crippen LogP contribution in [-0.4, -0.2) is 12.1 Å². The lowest BCUT2D eigenvalue weighted by Gasteiger charge is -2.31. The molecule has 0 radical (unpaired) electrons. The van der Waals surface area contributed by atoms with E-state index in [1.807, 2.05) is 6.08 Å². The zero-order chi connectivity index (χ0) is 16.8. The van der Waals surface area contributed by atoms with Crippen molar-refractivity contribution in [2.24, 2.45) is 17.8 Å². The van der Waals surface area contributed by atoms with Crippen molar-refractivity contribution in [1.82, 2.24) is 0 Å². The highest BCUT2D eigenvalue weighted by Crippen LogP contribution is 2.41. The molecular weight excluding hydrogens is 298 g/mol. The third-order valence-electron chi connectivity index (χ3n) is 6.45. The number of hydrogen-bond acceptors (Lipinski definition) is 3. The molecule has 24 heavy (non-hydrogen) atoms. The average molecular weight is 329 g/mol. The Kier molecular flexibility index (Phi) is 6.35. The van der Waals surface area contributed by atoms with Gasteiger partial charge in [-0.3, -0.25) is 0 Å². The number of nitriles is 1. The van der Waals surface area contributed by atoms with Crippen LogP contribution in [0.1, 0.15) is 83.5 Å². The van der Waals surface area contributed by atoms with Gasteiger partial charge in [0.1, 0.15) is 17.7 Å². The Bertz CT molecular complexity index is 484. The number of ether oxygens (including phenoxy) is 1. The molecule has 0 amide bonds. The molecule has 3 rings (SSSR count).